The molecule has 13 heteroatoms. The summed E-state index contributed by atoms with van der Waals surface area (Å²) in [5, 5.41) is 9.88. The summed E-state index contributed by atoms with van der Waals surface area (Å²) in [5.41, 5.74) is 4.77. The van der Waals surface area contributed by atoms with E-state index in [2.05, 4.69) is 62.1 Å². The van der Waals surface area contributed by atoms with Crippen molar-refractivity contribution in [3.8, 4) is 16.9 Å². The van der Waals surface area contributed by atoms with E-state index in [1.54, 1.807) is 11.0 Å². The van der Waals surface area contributed by atoms with Gasteiger partial charge < -0.3 is 30.1 Å². The Bertz CT molecular complexity index is 2160. The molecular weight excluding hydrogens is 778 g/mol. The number of piperidine rings is 3. The van der Waals surface area contributed by atoms with Gasteiger partial charge in [-0.1, -0.05) is 66.6 Å². The molecule has 5 aliphatic heterocycles. The first-order valence-electron chi connectivity index (χ1n) is 21.8. The van der Waals surface area contributed by atoms with Crippen LogP contribution in [0.15, 0.2) is 89.0 Å². The van der Waals surface area contributed by atoms with Gasteiger partial charge in [0.05, 0.1) is 5.03 Å². The first kappa shape index (κ1) is 40.2. The highest BCUT2D eigenvalue weighted by Gasteiger charge is 2.40. The zero-order valence-corrected chi connectivity index (χ0v) is 34.7. The maximum Gasteiger partial charge on any atom is 0.255 e. The van der Waals surface area contributed by atoms with Gasteiger partial charge in [0.2, 0.25) is 17.7 Å². The van der Waals surface area contributed by atoms with Crippen LogP contribution >= 0.6 is 11.6 Å². The molecule has 5 heterocycles. The smallest absolute Gasteiger partial charge is 0.255 e. The highest BCUT2D eigenvalue weighted by molar-refractivity contribution is 6.30. The number of guanidine groups is 1. The highest BCUT2D eigenvalue weighted by atomic mass is 35.5. The molecule has 3 aromatic rings. The highest BCUT2D eigenvalue weighted by Crippen LogP contribution is 2.35. The summed E-state index contributed by atoms with van der Waals surface area (Å²) >= 11 is 6.70. The van der Waals surface area contributed by atoms with Crippen LogP contribution in [0.2, 0.25) is 0 Å². The van der Waals surface area contributed by atoms with E-state index >= 15 is 0 Å². The Labute approximate surface area is 356 Å². The van der Waals surface area contributed by atoms with Crippen molar-refractivity contribution in [2.75, 3.05) is 32.7 Å². The summed E-state index contributed by atoms with van der Waals surface area (Å²) in [7, 11) is 0. The Morgan fingerprint density at radius 1 is 0.867 bits per heavy atom. The fourth-order valence-electron chi connectivity index (χ4n) is 10.00. The van der Waals surface area contributed by atoms with Crippen molar-refractivity contribution >= 4 is 41.2 Å². The summed E-state index contributed by atoms with van der Waals surface area (Å²) in [4.78, 5) is 62.2. The Morgan fingerprint density at radius 2 is 1.67 bits per heavy atom. The molecular formula is C47H54ClN7O5. The van der Waals surface area contributed by atoms with Crippen LogP contribution in [0.3, 0.4) is 0 Å². The van der Waals surface area contributed by atoms with Crippen molar-refractivity contribution in [3.05, 3.63) is 101 Å². The molecule has 314 valence electrons. The number of carbonyl (C=O) groups excluding carboxylic acids is 4. The van der Waals surface area contributed by atoms with E-state index in [9.17, 15) is 19.2 Å². The molecule has 4 fully saturated rings. The number of imide groups is 1. The molecule has 3 saturated heterocycles. The van der Waals surface area contributed by atoms with Crippen molar-refractivity contribution in [1.29, 1.82) is 0 Å². The Kier molecular flexibility index (Phi) is 11.9. The Morgan fingerprint density at radius 3 is 2.47 bits per heavy atom. The predicted molar refractivity (Wildman–Crippen MR) is 230 cm³/mol. The summed E-state index contributed by atoms with van der Waals surface area (Å²) < 4.78 is 6.42. The van der Waals surface area contributed by atoms with Gasteiger partial charge in [0.1, 0.15) is 23.9 Å². The minimum atomic E-state index is -0.624. The van der Waals surface area contributed by atoms with Crippen LogP contribution in [0.1, 0.15) is 91.7 Å². The summed E-state index contributed by atoms with van der Waals surface area (Å²) in [6.45, 7) is 4.97. The maximum absolute atomic E-state index is 13.8. The molecule has 6 aliphatic rings. The third kappa shape index (κ3) is 8.95. The van der Waals surface area contributed by atoms with Crippen LogP contribution < -0.4 is 20.7 Å². The molecule has 3 aromatic carbocycles. The number of ether oxygens (including phenoxy) is 1. The van der Waals surface area contributed by atoms with Crippen molar-refractivity contribution in [2.24, 2.45) is 16.8 Å². The molecule has 60 heavy (non-hydrogen) atoms. The van der Waals surface area contributed by atoms with Crippen molar-refractivity contribution in [1.82, 2.24) is 30.7 Å². The molecule has 0 bridgehead atoms. The lowest BCUT2D eigenvalue weighted by Gasteiger charge is -2.39. The van der Waals surface area contributed by atoms with Gasteiger partial charge in [0.25, 0.3) is 5.91 Å². The van der Waals surface area contributed by atoms with Gasteiger partial charge >= 0.3 is 0 Å². The largest absolute Gasteiger partial charge is 0.490 e. The minimum absolute atomic E-state index is 0.0175. The number of likely N-dealkylation sites (tertiary alicyclic amines) is 2. The quantitative estimate of drug-likeness (QED) is 0.220. The lowest BCUT2D eigenvalue weighted by atomic mass is 9.84. The lowest BCUT2D eigenvalue weighted by Crippen LogP contribution is -2.52. The van der Waals surface area contributed by atoms with Crippen molar-refractivity contribution < 1.29 is 23.9 Å². The monoisotopic (exact) mass is 831 g/mol. The van der Waals surface area contributed by atoms with Crippen LogP contribution in [-0.4, -0.2) is 95.2 Å². The van der Waals surface area contributed by atoms with E-state index in [0.717, 1.165) is 112 Å². The molecule has 2 unspecified atom stereocenters. The van der Waals surface area contributed by atoms with E-state index in [1.807, 2.05) is 36.5 Å². The second-order valence-electron chi connectivity index (χ2n) is 17.4. The number of amides is 4. The summed E-state index contributed by atoms with van der Waals surface area (Å²) in [6.07, 6.45) is 10.2. The Hall–Kier alpha value is -5.20. The number of rotatable bonds is 9. The van der Waals surface area contributed by atoms with Crippen LogP contribution in [0.25, 0.3) is 11.1 Å². The number of nitrogens with zero attached hydrogens (tertiary/aromatic N) is 4. The van der Waals surface area contributed by atoms with Gasteiger partial charge in [-0.05, 0) is 104 Å². The van der Waals surface area contributed by atoms with Gasteiger partial charge in [-0.25, -0.2) is 4.99 Å². The normalized spacial score (nSPS) is 25.5. The molecule has 12 nitrogen and oxygen atoms in total. The number of aliphatic imine (C=N–C) groups is 1. The standard InChI is InChI=1S/C47H54ClN7O5/c48-40-27-49-47(52-43(40)33-9-4-8-32(24-33)31-6-2-1-3-7-31)50-36-11-5-10-34(25-36)45(58)54-22-16-30(17-23-54)28-53-20-18-37(19-21-53)60-38-12-13-39-35(26-38)29-55(46(39)59)41-14-15-42(56)51-44(41)57/h1-4,6-9,12-13,24,26-27,30,34,36-37,41,43H,5,10-11,14-23,25,28-29H2,(H2,49,50,52)(H,51,56,57)/t34-,36+,41?,43?/m0/s1. The second-order valence-corrected chi connectivity index (χ2v) is 17.8. The fraction of sp³-hybridized carbons (Fsp3) is 0.468. The molecule has 0 spiro atoms. The SMILES string of the molecule is O=C1CCC(N2Cc3cc(OC4CCN(CC5CCN(C(=O)[C@H]6CCC[C@@H](NC7=NC(c8cccc(-c9ccccc9)c8)C(Cl)=CN7)C6)CC5)CC4)ccc3C2=O)C(=O)N1. The number of carbonyl (C=O) groups is 4. The molecule has 1 aliphatic carbocycles. The zero-order chi connectivity index (χ0) is 41.2. The first-order chi connectivity index (χ1) is 29.2. The molecule has 4 atom stereocenters. The average molecular weight is 832 g/mol. The third-order valence-corrected chi connectivity index (χ3v) is 13.6. The molecule has 3 N–H and O–H groups in total. The van der Waals surface area contributed by atoms with Crippen LogP contribution in [0.4, 0.5) is 0 Å². The van der Waals surface area contributed by atoms with Crippen molar-refractivity contribution in [3.63, 3.8) is 0 Å². The third-order valence-electron chi connectivity index (χ3n) is 13.3. The number of hydrogen-bond acceptors (Lipinski definition) is 9. The second kappa shape index (κ2) is 17.8. The average Bonchev–Trinajstić information content (AvgIpc) is 3.60. The lowest BCUT2D eigenvalue weighted by molar-refractivity contribution is -0.138. The number of halogens is 1. The van der Waals surface area contributed by atoms with Gasteiger partial charge in [-0.15, -0.1) is 0 Å². The summed E-state index contributed by atoms with van der Waals surface area (Å²) in [5.74, 6) is 1.48. The summed E-state index contributed by atoms with van der Waals surface area (Å²) in [6, 6.07) is 23.5. The number of benzene rings is 3. The maximum atomic E-state index is 13.8. The number of nitrogens with one attached hydrogen (secondary N) is 3. The number of fused-ring (bicyclic) bond motifs is 1. The van der Waals surface area contributed by atoms with Gasteiger partial charge in [0.15, 0.2) is 5.96 Å². The zero-order valence-electron chi connectivity index (χ0n) is 34.0. The van der Waals surface area contributed by atoms with Crippen molar-refractivity contribution in [2.45, 2.75) is 95.0 Å². The van der Waals surface area contributed by atoms with Gasteiger partial charge in [-0.3, -0.25) is 24.5 Å². The molecule has 0 aromatic heterocycles. The molecule has 4 amide bonds. The molecule has 1 saturated carbocycles. The first-order valence-corrected chi connectivity index (χ1v) is 22.2. The molecule has 9 rings (SSSR count). The van der Waals surface area contributed by atoms with Crippen LogP contribution in [-0.2, 0) is 20.9 Å². The van der Waals surface area contributed by atoms with Crippen LogP contribution in [0, 0.1) is 11.8 Å². The number of hydrogen-bond donors (Lipinski definition) is 3. The fourth-order valence-corrected chi connectivity index (χ4v) is 10.2. The Balaban J connectivity index is 0.708. The predicted octanol–water partition coefficient (Wildman–Crippen LogP) is 6.13. The molecule has 0 radical (unpaired) electrons. The minimum Gasteiger partial charge on any atom is -0.490 e. The van der Waals surface area contributed by atoms with E-state index in [0.29, 0.717) is 41.3 Å². The van der Waals surface area contributed by atoms with Gasteiger partial charge in [0, 0.05) is 69.4 Å². The van der Waals surface area contributed by atoms with Crippen LogP contribution in [0.5, 0.6) is 5.75 Å². The van der Waals surface area contributed by atoms with Gasteiger partial charge in [-0.2, -0.15) is 0 Å². The van der Waals surface area contributed by atoms with E-state index in [-0.39, 0.29) is 42.3 Å². The topological polar surface area (TPSA) is 136 Å². The van der Waals surface area contributed by atoms with E-state index in [1.165, 1.54) is 0 Å². The van der Waals surface area contributed by atoms with E-state index < -0.39 is 11.9 Å². The van der Waals surface area contributed by atoms with E-state index in [4.69, 9.17) is 21.3 Å².